The van der Waals surface area contributed by atoms with Crippen LogP contribution in [-0.2, 0) is 10.9 Å². The van der Waals surface area contributed by atoms with Crippen molar-refractivity contribution in [3.05, 3.63) is 42.3 Å². The first-order chi connectivity index (χ1) is 7.09. The van der Waals surface area contributed by atoms with E-state index in [1.165, 1.54) is 6.07 Å². The molecule has 2 rings (SSSR count). The number of pyridine rings is 1. The molecule has 0 aliphatic carbocycles. The molecule has 0 fully saturated rings. The van der Waals surface area contributed by atoms with Crippen molar-refractivity contribution in [3.63, 3.8) is 0 Å². The van der Waals surface area contributed by atoms with Crippen molar-refractivity contribution in [2.24, 2.45) is 5.14 Å². The van der Waals surface area contributed by atoms with Crippen molar-refractivity contribution in [1.29, 1.82) is 0 Å². The zero-order valence-corrected chi connectivity index (χ0v) is 8.52. The van der Waals surface area contributed by atoms with E-state index in [0.717, 1.165) is 5.39 Å². The number of fused-ring (bicyclic) bond motifs is 1. The Morgan fingerprint density at radius 1 is 1.13 bits per heavy atom. The molecular formula is C9H9FN2O2S. The van der Waals surface area contributed by atoms with Crippen molar-refractivity contribution >= 4 is 21.8 Å². The lowest BCUT2D eigenvalue weighted by atomic mass is 10.2. The molecule has 1 aromatic carbocycles. The molecule has 0 amide bonds. The standard InChI is InChI=1S/C9H6FN.H3NO2S/c10-9-6-5-7-3-1-2-4-8(7)11-9;1-4(2)3/h1-6H;4H,(H2,1,2,3). The van der Waals surface area contributed by atoms with Crippen LogP contribution in [0, 0.1) is 5.95 Å². The van der Waals surface area contributed by atoms with Gasteiger partial charge in [-0.3, -0.25) is 0 Å². The maximum absolute atomic E-state index is 12.5. The van der Waals surface area contributed by atoms with Crippen molar-refractivity contribution in [3.8, 4) is 0 Å². The third-order valence-corrected chi connectivity index (χ3v) is 1.56. The van der Waals surface area contributed by atoms with Crippen LogP contribution < -0.4 is 5.14 Å². The Morgan fingerprint density at radius 3 is 2.40 bits per heavy atom. The zero-order chi connectivity index (χ0) is 11.3. The van der Waals surface area contributed by atoms with E-state index in [2.05, 4.69) is 10.1 Å². The molecule has 1 heterocycles. The van der Waals surface area contributed by atoms with Gasteiger partial charge in [-0.15, -0.1) is 0 Å². The lowest BCUT2D eigenvalue weighted by Crippen LogP contribution is -1.85. The smallest absolute Gasteiger partial charge is 0.213 e. The highest BCUT2D eigenvalue weighted by molar-refractivity contribution is 7.69. The number of nitrogens with two attached hydrogens (primary N) is 1. The molecule has 1 aromatic heterocycles. The Balaban J connectivity index is 0.000000245. The highest BCUT2D eigenvalue weighted by Gasteiger charge is 1.93. The zero-order valence-electron chi connectivity index (χ0n) is 7.63. The molecule has 6 heteroatoms. The summed E-state index contributed by atoms with van der Waals surface area (Å²) in [6.45, 7) is 0. The van der Waals surface area contributed by atoms with E-state index in [-0.39, 0.29) is 0 Å². The summed E-state index contributed by atoms with van der Waals surface area (Å²) in [5, 5.41) is 5.03. The molecule has 0 aliphatic heterocycles. The fourth-order valence-corrected chi connectivity index (χ4v) is 1.04. The molecule has 2 N–H and O–H groups in total. The average molecular weight is 228 g/mol. The molecule has 15 heavy (non-hydrogen) atoms. The number of para-hydroxylation sites is 1. The largest absolute Gasteiger partial charge is 0.231 e. The number of nitrogens with zero attached hydrogens (tertiary/aromatic N) is 1. The number of hydrogen-bond donors (Lipinski definition) is 2. The molecular weight excluding hydrogens is 219 g/mol. The van der Waals surface area contributed by atoms with E-state index >= 15 is 0 Å². The summed E-state index contributed by atoms with van der Waals surface area (Å²) in [4.78, 5) is 3.71. The summed E-state index contributed by atoms with van der Waals surface area (Å²) in [6, 6.07) is 10.5. The third kappa shape index (κ3) is 4.01. The SMILES string of the molecule is Fc1ccc2ccccc2n1.N[SH](=O)=O. The predicted molar refractivity (Wildman–Crippen MR) is 56.2 cm³/mol. The van der Waals surface area contributed by atoms with Crippen molar-refractivity contribution in [2.75, 3.05) is 0 Å². The Morgan fingerprint density at radius 2 is 1.73 bits per heavy atom. The molecule has 80 valence electrons. The number of hydrogen-bond acceptors (Lipinski definition) is 3. The molecule has 0 unspecified atom stereocenters. The van der Waals surface area contributed by atoms with Gasteiger partial charge in [0.1, 0.15) is 0 Å². The fourth-order valence-electron chi connectivity index (χ4n) is 1.04. The maximum Gasteiger partial charge on any atom is 0.213 e. The Labute approximate surface area is 87.6 Å². The van der Waals surface area contributed by atoms with Crippen molar-refractivity contribution in [2.45, 2.75) is 0 Å². The summed E-state index contributed by atoms with van der Waals surface area (Å²) >= 11 is 0. The quantitative estimate of drug-likeness (QED) is 0.518. The normalized spacial score (nSPS) is 9.80. The van der Waals surface area contributed by atoms with Gasteiger partial charge in [-0.1, -0.05) is 18.2 Å². The molecule has 0 bridgehead atoms. The summed E-state index contributed by atoms with van der Waals surface area (Å²) in [5.74, 6) is -0.427. The van der Waals surface area contributed by atoms with E-state index in [9.17, 15) is 4.39 Å². The molecule has 0 saturated carbocycles. The van der Waals surface area contributed by atoms with Crippen LogP contribution >= 0.6 is 0 Å². The monoisotopic (exact) mass is 228 g/mol. The number of aromatic nitrogens is 1. The van der Waals surface area contributed by atoms with Crippen LogP contribution in [0.15, 0.2) is 36.4 Å². The maximum atomic E-state index is 12.5. The third-order valence-electron chi connectivity index (χ3n) is 1.56. The van der Waals surface area contributed by atoms with Crippen LogP contribution in [-0.4, -0.2) is 13.4 Å². The minimum absolute atomic E-state index is 0.427. The van der Waals surface area contributed by atoms with Crippen LogP contribution in [0.1, 0.15) is 0 Å². The lowest BCUT2D eigenvalue weighted by molar-refractivity contribution is 0.589. The predicted octanol–water partition coefficient (Wildman–Crippen LogP) is 0.845. The Bertz CT molecular complexity index is 520. The minimum atomic E-state index is -2.62. The number of benzene rings is 1. The first-order valence-corrected chi connectivity index (χ1v) is 5.24. The minimum Gasteiger partial charge on any atom is -0.231 e. The van der Waals surface area contributed by atoms with Gasteiger partial charge in [0, 0.05) is 5.39 Å². The second-order valence-electron chi connectivity index (χ2n) is 2.61. The van der Waals surface area contributed by atoms with Gasteiger partial charge >= 0.3 is 0 Å². The fraction of sp³-hybridized carbons (Fsp3) is 0. The van der Waals surface area contributed by atoms with Crippen LogP contribution in [0.5, 0.6) is 0 Å². The van der Waals surface area contributed by atoms with Crippen LogP contribution in [0.3, 0.4) is 0 Å². The van der Waals surface area contributed by atoms with Gasteiger partial charge in [-0.05, 0) is 18.2 Å². The molecule has 0 saturated heterocycles. The van der Waals surface area contributed by atoms with Gasteiger partial charge in [0.15, 0.2) is 10.9 Å². The first-order valence-electron chi connectivity index (χ1n) is 4.00. The molecule has 2 aromatic rings. The van der Waals surface area contributed by atoms with Crippen LogP contribution in [0.25, 0.3) is 10.9 Å². The lowest BCUT2D eigenvalue weighted by Gasteiger charge is -1.93. The van der Waals surface area contributed by atoms with Crippen LogP contribution in [0.2, 0.25) is 0 Å². The summed E-state index contributed by atoms with van der Waals surface area (Å²) < 4.78 is 30.2. The highest BCUT2D eigenvalue weighted by atomic mass is 32.2. The number of rotatable bonds is 0. The van der Waals surface area contributed by atoms with Crippen molar-refractivity contribution < 1.29 is 12.8 Å². The van der Waals surface area contributed by atoms with Crippen molar-refractivity contribution in [1.82, 2.24) is 4.98 Å². The van der Waals surface area contributed by atoms with E-state index in [0.29, 0.717) is 5.52 Å². The number of halogens is 1. The van der Waals surface area contributed by atoms with Gasteiger partial charge in [-0.2, -0.15) is 4.39 Å². The van der Waals surface area contributed by atoms with Gasteiger partial charge < -0.3 is 0 Å². The second-order valence-corrected chi connectivity index (χ2v) is 3.18. The van der Waals surface area contributed by atoms with E-state index in [1.807, 2.05) is 18.2 Å². The molecule has 4 nitrogen and oxygen atoms in total. The highest BCUT2D eigenvalue weighted by Crippen LogP contribution is 2.10. The summed E-state index contributed by atoms with van der Waals surface area (Å²) in [6.07, 6.45) is 0. The first kappa shape index (κ1) is 11.5. The Kier molecular flexibility index (Phi) is 4.14. The van der Waals surface area contributed by atoms with E-state index < -0.39 is 16.8 Å². The Hall–Kier alpha value is -1.53. The summed E-state index contributed by atoms with van der Waals surface area (Å²) in [7, 11) is -2.62. The molecule has 0 atom stereocenters. The molecule has 0 radical (unpaired) electrons. The van der Waals surface area contributed by atoms with Gasteiger partial charge in [-0.25, -0.2) is 18.5 Å². The van der Waals surface area contributed by atoms with Crippen LogP contribution in [0.4, 0.5) is 4.39 Å². The second kappa shape index (κ2) is 5.38. The molecule has 0 aliphatic rings. The van der Waals surface area contributed by atoms with E-state index in [1.54, 1.807) is 12.1 Å². The van der Waals surface area contributed by atoms with Gasteiger partial charge in [0.2, 0.25) is 5.95 Å². The van der Waals surface area contributed by atoms with E-state index in [4.69, 9.17) is 8.42 Å². The topological polar surface area (TPSA) is 73.0 Å². The van der Waals surface area contributed by atoms with Gasteiger partial charge in [0.05, 0.1) is 5.52 Å². The average Bonchev–Trinajstić information content (AvgIpc) is 2.16. The summed E-state index contributed by atoms with van der Waals surface area (Å²) in [5.41, 5.74) is 0.701. The van der Waals surface area contributed by atoms with Gasteiger partial charge in [0.25, 0.3) is 0 Å². The number of thiol groups is 1. The molecule has 0 spiro atoms.